The minimum Gasteiger partial charge on any atom is -0.468 e. The average molecular weight is 293 g/mol. The topological polar surface area (TPSA) is 87.3 Å². The Morgan fingerprint density at radius 3 is 2.81 bits per heavy atom. The monoisotopic (exact) mass is 293 g/mol. The molecule has 0 unspecified atom stereocenters. The third-order valence-corrected chi connectivity index (χ3v) is 2.87. The molecule has 0 bridgehead atoms. The van der Waals surface area contributed by atoms with Gasteiger partial charge in [0.05, 0.1) is 18.6 Å². The quantitative estimate of drug-likeness (QED) is 0.632. The Labute approximate surface area is 118 Å². The fourth-order valence-electron chi connectivity index (χ4n) is 1.90. The zero-order valence-corrected chi connectivity index (χ0v) is 11.4. The number of ether oxygens (including phenoxy) is 1. The number of halogens is 1. The van der Waals surface area contributed by atoms with Crippen LogP contribution in [0.4, 0.5) is 10.1 Å². The molecule has 0 fully saturated rings. The van der Waals surface area contributed by atoms with E-state index in [1.807, 2.05) is 0 Å². The highest BCUT2D eigenvalue weighted by molar-refractivity contribution is 5.37. The molecule has 2 aromatic rings. The lowest BCUT2D eigenvalue weighted by Crippen LogP contribution is -2.23. The number of nitrogens with zero attached hydrogens (tertiary/aromatic N) is 3. The van der Waals surface area contributed by atoms with Gasteiger partial charge >= 0.3 is 5.69 Å². The summed E-state index contributed by atoms with van der Waals surface area (Å²) in [6.07, 6.45) is 0. The van der Waals surface area contributed by atoms with E-state index in [-0.39, 0.29) is 18.1 Å². The van der Waals surface area contributed by atoms with Gasteiger partial charge in [-0.3, -0.25) is 19.5 Å². The molecule has 0 radical (unpaired) electrons. The molecule has 1 aromatic carbocycles. The number of aryl methyl sites for hydroxylation is 1. The second kappa shape index (κ2) is 5.70. The van der Waals surface area contributed by atoms with Crippen LogP contribution >= 0.6 is 0 Å². The van der Waals surface area contributed by atoms with Crippen LogP contribution in [-0.4, -0.2) is 21.6 Å². The van der Waals surface area contributed by atoms with Crippen LogP contribution < -0.4 is 10.3 Å². The molecule has 0 aliphatic rings. The van der Waals surface area contributed by atoms with Crippen molar-refractivity contribution in [2.75, 3.05) is 7.11 Å². The van der Waals surface area contributed by atoms with Gasteiger partial charge < -0.3 is 4.74 Å². The van der Waals surface area contributed by atoms with Gasteiger partial charge in [-0.1, -0.05) is 12.1 Å². The van der Waals surface area contributed by atoms with Crippen molar-refractivity contribution < 1.29 is 14.1 Å². The lowest BCUT2D eigenvalue weighted by Gasteiger charge is -2.11. The van der Waals surface area contributed by atoms with Crippen LogP contribution in [0.25, 0.3) is 0 Å². The van der Waals surface area contributed by atoms with Crippen molar-refractivity contribution >= 4 is 5.69 Å². The zero-order valence-electron chi connectivity index (χ0n) is 11.4. The fourth-order valence-corrected chi connectivity index (χ4v) is 1.90. The molecule has 21 heavy (non-hydrogen) atoms. The number of benzene rings is 1. The number of hydrogen-bond acceptors (Lipinski definition) is 5. The lowest BCUT2D eigenvalue weighted by atomic mass is 10.2. The van der Waals surface area contributed by atoms with Crippen molar-refractivity contribution in [1.29, 1.82) is 0 Å². The van der Waals surface area contributed by atoms with E-state index in [0.717, 1.165) is 10.6 Å². The first-order valence-corrected chi connectivity index (χ1v) is 5.98. The second-order valence-corrected chi connectivity index (χ2v) is 4.32. The summed E-state index contributed by atoms with van der Waals surface area (Å²) in [5, 5.41) is 10.7. The van der Waals surface area contributed by atoms with E-state index >= 15 is 0 Å². The third-order valence-electron chi connectivity index (χ3n) is 2.87. The molecule has 1 aromatic heterocycles. The maximum Gasteiger partial charge on any atom is 0.305 e. The molecule has 7 nitrogen and oxygen atoms in total. The van der Waals surface area contributed by atoms with Crippen molar-refractivity contribution in [2.45, 2.75) is 13.5 Å². The molecule has 1 heterocycles. The number of methoxy groups -OCH3 is 1. The minimum absolute atomic E-state index is 0.00949. The van der Waals surface area contributed by atoms with Gasteiger partial charge in [0.2, 0.25) is 5.82 Å². The summed E-state index contributed by atoms with van der Waals surface area (Å²) in [6.45, 7) is 1.42. The molecule has 0 atom stereocenters. The van der Waals surface area contributed by atoms with Gasteiger partial charge in [-0.25, -0.2) is 4.98 Å². The largest absolute Gasteiger partial charge is 0.468 e. The first-order chi connectivity index (χ1) is 9.93. The molecule has 8 heteroatoms. The first kappa shape index (κ1) is 14.6. The zero-order chi connectivity index (χ0) is 15.6. The lowest BCUT2D eigenvalue weighted by molar-refractivity contribution is -0.387. The summed E-state index contributed by atoms with van der Waals surface area (Å²) >= 11 is 0. The summed E-state index contributed by atoms with van der Waals surface area (Å²) in [5.74, 6) is -0.975. The van der Waals surface area contributed by atoms with Crippen molar-refractivity contribution in [3.8, 4) is 6.01 Å². The van der Waals surface area contributed by atoms with E-state index in [9.17, 15) is 19.3 Å². The molecule has 0 saturated heterocycles. The van der Waals surface area contributed by atoms with Crippen LogP contribution in [0, 0.1) is 22.9 Å². The van der Waals surface area contributed by atoms with E-state index in [4.69, 9.17) is 4.74 Å². The Kier molecular flexibility index (Phi) is 3.97. The predicted octanol–water partition coefficient (Wildman–Crippen LogP) is 1.66. The molecule has 2 rings (SSSR count). The highest BCUT2D eigenvalue weighted by Crippen LogP contribution is 2.21. The molecule has 110 valence electrons. The number of hydrogen-bond donors (Lipinski definition) is 0. The first-order valence-electron chi connectivity index (χ1n) is 5.98. The van der Waals surface area contributed by atoms with Crippen LogP contribution in [0.5, 0.6) is 6.01 Å². The summed E-state index contributed by atoms with van der Waals surface area (Å²) in [6, 6.07) is 5.08. The SMILES string of the molecule is COc1nc(C)cc(=O)n1Cc1cccc([N+](=O)[O-])c1F. The van der Waals surface area contributed by atoms with E-state index in [2.05, 4.69) is 4.98 Å². The van der Waals surface area contributed by atoms with Crippen LogP contribution in [0.3, 0.4) is 0 Å². The van der Waals surface area contributed by atoms with Crippen molar-refractivity contribution in [3.63, 3.8) is 0 Å². The minimum atomic E-state index is -0.975. The van der Waals surface area contributed by atoms with Crippen LogP contribution in [0.15, 0.2) is 29.1 Å². The highest BCUT2D eigenvalue weighted by atomic mass is 19.1. The van der Waals surface area contributed by atoms with Crippen LogP contribution in [0.2, 0.25) is 0 Å². The van der Waals surface area contributed by atoms with Gasteiger partial charge in [0, 0.05) is 23.4 Å². The third kappa shape index (κ3) is 2.88. The Morgan fingerprint density at radius 2 is 2.19 bits per heavy atom. The highest BCUT2D eigenvalue weighted by Gasteiger charge is 2.19. The molecular formula is C13H12FN3O4. The number of rotatable bonds is 4. The molecule has 0 spiro atoms. The maximum atomic E-state index is 14.0. The van der Waals surface area contributed by atoms with Crippen LogP contribution in [-0.2, 0) is 6.54 Å². The Balaban J connectivity index is 2.51. The van der Waals surface area contributed by atoms with Crippen LogP contribution in [0.1, 0.15) is 11.3 Å². The molecule has 0 amide bonds. The van der Waals surface area contributed by atoms with Crippen molar-refractivity contribution in [2.24, 2.45) is 0 Å². The summed E-state index contributed by atoms with van der Waals surface area (Å²) < 4.78 is 20.1. The van der Waals surface area contributed by atoms with E-state index in [0.29, 0.717) is 5.69 Å². The summed E-state index contributed by atoms with van der Waals surface area (Å²) in [7, 11) is 1.33. The predicted molar refractivity (Wildman–Crippen MR) is 71.9 cm³/mol. The Morgan fingerprint density at radius 1 is 1.48 bits per heavy atom. The Hall–Kier alpha value is -2.77. The second-order valence-electron chi connectivity index (χ2n) is 4.32. The molecule has 0 aliphatic heterocycles. The number of nitro benzene ring substituents is 1. The van der Waals surface area contributed by atoms with Gasteiger partial charge in [-0.15, -0.1) is 0 Å². The fraction of sp³-hybridized carbons (Fsp3) is 0.231. The normalized spacial score (nSPS) is 10.4. The number of aromatic nitrogens is 2. The standard InChI is InChI=1S/C13H12FN3O4/c1-8-6-11(18)16(13(15-8)21-2)7-9-4-3-5-10(12(9)14)17(19)20/h3-6H,7H2,1-2H3. The van der Waals surface area contributed by atoms with Gasteiger partial charge in [0.1, 0.15) is 0 Å². The molecule has 0 N–H and O–H groups in total. The van der Waals surface area contributed by atoms with E-state index < -0.39 is 22.0 Å². The van der Waals surface area contributed by atoms with Crippen molar-refractivity contribution in [1.82, 2.24) is 9.55 Å². The van der Waals surface area contributed by atoms with Gasteiger partial charge in [-0.2, -0.15) is 4.39 Å². The molecule has 0 aliphatic carbocycles. The average Bonchev–Trinajstić information content (AvgIpc) is 2.42. The van der Waals surface area contributed by atoms with Crippen molar-refractivity contribution in [3.05, 3.63) is 61.8 Å². The smallest absolute Gasteiger partial charge is 0.305 e. The van der Waals surface area contributed by atoms with Gasteiger partial charge in [-0.05, 0) is 6.92 Å². The summed E-state index contributed by atoms with van der Waals surface area (Å²) in [4.78, 5) is 25.9. The Bertz CT molecular complexity index is 758. The van der Waals surface area contributed by atoms with Gasteiger partial charge in [0.25, 0.3) is 11.6 Å². The van der Waals surface area contributed by atoms with Gasteiger partial charge in [0.15, 0.2) is 0 Å². The number of nitro groups is 1. The summed E-state index contributed by atoms with van der Waals surface area (Å²) in [5.41, 5.74) is -0.590. The molecule has 0 saturated carbocycles. The maximum absolute atomic E-state index is 14.0. The van der Waals surface area contributed by atoms with E-state index in [1.165, 1.54) is 25.3 Å². The molecular weight excluding hydrogens is 281 g/mol. The van der Waals surface area contributed by atoms with E-state index in [1.54, 1.807) is 6.92 Å².